The van der Waals surface area contributed by atoms with Crippen molar-refractivity contribution in [2.75, 3.05) is 5.32 Å². The molecule has 1 heterocycles. The summed E-state index contributed by atoms with van der Waals surface area (Å²) in [6, 6.07) is 9.89. The van der Waals surface area contributed by atoms with Crippen LogP contribution in [-0.2, 0) is 11.3 Å². The molecule has 12 heteroatoms. The molecule has 3 rings (SSSR count). The molecule has 2 aromatic carbocycles. The molecule has 0 aliphatic heterocycles. The fourth-order valence-corrected chi connectivity index (χ4v) is 2.78. The first kappa shape index (κ1) is 20.7. The number of rotatable bonds is 7. The Morgan fingerprint density at radius 2 is 1.93 bits per heavy atom. The van der Waals surface area contributed by atoms with Gasteiger partial charge in [-0.15, -0.1) is 0 Å². The van der Waals surface area contributed by atoms with Crippen LogP contribution >= 0.6 is 11.6 Å². The Bertz CT molecular complexity index is 1150. The number of nitro benzene ring substituents is 1. The van der Waals surface area contributed by atoms with Gasteiger partial charge in [0.15, 0.2) is 0 Å². The number of halogens is 1. The van der Waals surface area contributed by atoms with Crippen molar-refractivity contribution in [1.82, 2.24) is 9.78 Å². The third-order valence-electron chi connectivity index (χ3n) is 3.87. The van der Waals surface area contributed by atoms with Gasteiger partial charge in [-0.2, -0.15) is 4.68 Å². The van der Waals surface area contributed by atoms with E-state index in [1.54, 1.807) is 25.1 Å². The summed E-state index contributed by atoms with van der Waals surface area (Å²) in [6.07, 6.45) is 1.28. The van der Waals surface area contributed by atoms with E-state index in [0.29, 0.717) is 10.8 Å². The maximum atomic E-state index is 12.2. The summed E-state index contributed by atoms with van der Waals surface area (Å²) in [7, 11) is 0. The van der Waals surface area contributed by atoms with Gasteiger partial charge in [-0.3, -0.25) is 14.9 Å². The Labute approximate surface area is 174 Å². The predicted molar refractivity (Wildman–Crippen MR) is 107 cm³/mol. The molecule has 1 aromatic heterocycles. The lowest BCUT2D eigenvalue weighted by atomic mass is 10.2. The summed E-state index contributed by atoms with van der Waals surface area (Å²) in [5.41, 5.74) is 0.557. The van der Waals surface area contributed by atoms with Gasteiger partial charge in [-0.25, -0.2) is 0 Å². The molecule has 0 radical (unpaired) electrons. The van der Waals surface area contributed by atoms with Crippen LogP contribution in [0.4, 0.5) is 17.2 Å². The average molecular weight is 432 g/mol. The smallest absolute Gasteiger partial charge is 0.389 e. The van der Waals surface area contributed by atoms with Crippen LogP contribution in [0.1, 0.15) is 5.56 Å². The zero-order valence-corrected chi connectivity index (χ0v) is 16.2. The number of non-ortho nitro benzene ring substituents is 1. The summed E-state index contributed by atoms with van der Waals surface area (Å²) in [5.74, 6) is -0.394. The number of amides is 1. The lowest BCUT2D eigenvalue weighted by Crippen LogP contribution is -2.19. The molecule has 3 aromatic rings. The number of carbonyl (C=O) groups excluding carboxylic acids is 1. The highest BCUT2D eigenvalue weighted by Gasteiger charge is 2.16. The number of nitrogens with zero attached hydrogens (tertiary/aromatic N) is 4. The van der Waals surface area contributed by atoms with Gasteiger partial charge in [0.1, 0.15) is 18.0 Å². The maximum Gasteiger partial charge on any atom is 0.389 e. The first-order valence-corrected chi connectivity index (χ1v) is 8.80. The molecule has 0 unspecified atom stereocenters. The van der Waals surface area contributed by atoms with E-state index in [2.05, 4.69) is 10.4 Å². The highest BCUT2D eigenvalue weighted by atomic mass is 35.5. The fraction of sp³-hybridized carbons (Fsp3) is 0.111. The van der Waals surface area contributed by atoms with Gasteiger partial charge in [-0.1, -0.05) is 11.6 Å². The van der Waals surface area contributed by atoms with E-state index >= 15 is 0 Å². The molecule has 0 aliphatic rings. The van der Waals surface area contributed by atoms with Crippen LogP contribution in [0.2, 0.25) is 5.02 Å². The third kappa shape index (κ3) is 5.08. The second-order valence-corrected chi connectivity index (χ2v) is 6.60. The van der Waals surface area contributed by atoms with Crippen LogP contribution in [0, 0.1) is 27.2 Å². The molecular formula is C18H14ClN5O6. The van der Waals surface area contributed by atoms with Crippen molar-refractivity contribution in [3.05, 3.63) is 79.5 Å². The highest BCUT2D eigenvalue weighted by Crippen LogP contribution is 2.32. The minimum atomic E-state index is -0.683. The van der Waals surface area contributed by atoms with E-state index in [4.69, 9.17) is 16.3 Å². The second-order valence-electron chi connectivity index (χ2n) is 6.16. The van der Waals surface area contributed by atoms with Gasteiger partial charge < -0.3 is 20.2 Å². The number of hydrogen-bond donors (Lipinski definition) is 1. The van der Waals surface area contributed by atoms with Crippen LogP contribution in [-0.4, -0.2) is 25.5 Å². The zero-order chi connectivity index (χ0) is 21.8. The lowest BCUT2D eigenvalue weighted by Gasteiger charge is -2.11. The van der Waals surface area contributed by atoms with Crippen LogP contribution < -0.4 is 10.1 Å². The molecule has 0 saturated carbocycles. The first-order chi connectivity index (χ1) is 14.2. The van der Waals surface area contributed by atoms with Gasteiger partial charge in [-0.05, 0) is 35.6 Å². The molecule has 0 aliphatic carbocycles. The quantitative estimate of drug-likeness (QED) is 0.438. The topological polar surface area (TPSA) is 142 Å². The molecule has 1 N–H and O–H groups in total. The number of aryl methyl sites for hydroxylation is 1. The van der Waals surface area contributed by atoms with Gasteiger partial charge in [0.2, 0.25) is 5.91 Å². The van der Waals surface area contributed by atoms with E-state index in [-0.39, 0.29) is 23.7 Å². The fourth-order valence-electron chi connectivity index (χ4n) is 2.56. The Balaban J connectivity index is 1.80. The summed E-state index contributed by atoms with van der Waals surface area (Å²) in [4.78, 5) is 32.9. The van der Waals surface area contributed by atoms with Gasteiger partial charge >= 0.3 is 5.82 Å². The van der Waals surface area contributed by atoms with Crippen molar-refractivity contribution in [3.63, 3.8) is 0 Å². The molecule has 0 saturated heterocycles. The molecule has 0 fully saturated rings. The van der Waals surface area contributed by atoms with Crippen LogP contribution in [0.25, 0.3) is 0 Å². The van der Waals surface area contributed by atoms with Gasteiger partial charge in [0.05, 0.1) is 34.0 Å². The van der Waals surface area contributed by atoms with E-state index in [1.807, 2.05) is 0 Å². The molecule has 154 valence electrons. The van der Waals surface area contributed by atoms with Crippen molar-refractivity contribution < 1.29 is 19.4 Å². The van der Waals surface area contributed by atoms with E-state index < -0.39 is 21.6 Å². The highest BCUT2D eigenvalue weighted by molar-refractivity contribution is 6.30. The van der Waals surface area contributed by atoms with Gasteiger partial charge in [0, 0.05) is 17.2 Å². The molecule has 30 heavy (non-hydrogen) atoms. The predicted octanol–water partition coefficient (Wildman–Crippen LogP) is 4.09. The second kappa shape index (κ2) is 8.57. The molecular weight excluding hydrogens is 418 g/mol. The van der Waals surface area contributed by atoms with Crippen LogP contribution in [0.15, 0.2) is 48.7 Å². The molecule has 0 atom stereocenters. The average Bonchev–Trinajstić information content (AvgIpc) is 3.12. The minimum Gasteiger partial charge on any atom is -0.457 e. The van der Waals surface area contributed by atoms with Crippen molar-refractivity contribution in [2.45, 2.75) is 13.5 Å². The van der Waals surface area contributed by atoms with Crippen LogP contribution in [0.5, 0.6) is 11.5 Å². The number of anilines is 1. The molecule has 0 spiro atoms. The number of hydrogen-bond acceptors (Lipinski definition) is 7. The summed E-state index contributed by atoms with van der Waals surface area (Å²) >= 11 is 5.92. The largest absolute Gasteiger partial charge is 0.457 e. The minimum absolute atomic E-state index is 0.123. The normalized spacial score (nSPS) is 10.5. The Kier molecular flexibility index (Phi) is 5.93. The van der Waals surface area contributed by atoms with E-state index in [0.717, 1.165) is 16.3 Å². The van der Waals surface area contributed by atoms with Crippen molar-refractivity contribution in [1.29, 1.82) is 0 Å². The summed E-state index contributed by atoms with van der Waals surface area (Å²) in [5, 5.41) is 28.6. The number of nitro groups is 2. The SMILES string of the molecule is Cc1cc(Cl)ccc1Oc1cc(NC(=O)Cn2ccc([N+](=O)[O-])n2)cc([N+](=O)[O-])c1. The third-order valence-corrected chi connectivity index (χ3v) is 4.10. The van der Waals surface area contributed by atoms with Crippen LogP contribution in [0.3, 0.4) is 0 Å². The lowest BCUT2D eigenvalue weighted by molar-refractivity contribution is -0.389. The molecule has 0 bridgehead atoms. The Morgan fingerprint density at radius 3 is 2.57 bits per heavy atom. The number of nitrogens with one attached hydrogen (secondary N) is 1. The summed E-state index contributed by atoms with van der Waals surface area (Å²) in [6.45, 7) is 1.45. The Hall–Kier alpha value is -3.99. The number of benzene rings is 2. The van der Waals surface area contributed by atoms with Crippen molar-refractivity contribution >= 4 is 34.7 Å². The zero-order valence-electron chi connectivity index (χ0n) is 15.4. The van der Waals surface area contributed by atoms with Gasteiger partial charge in [0.25, 0.3) is 5.69 Å². The number of carbonyl (C=O) groups is 1. The molecule has 1 amide bonds. The van der Waals surface area contributed by atoms with Crippen molar-refractivity contribution in [2.24, 2.45) is 0 Å². The number of ether oxygens (including phenoxy) is 1. The van der Waals surface area contributed by atoms with E-state index in [1.165, 1.54) is 24.4 Å². The Morgan fingerprint density at radius 1 is 1.17 bits per heavy atom. The number of aromatic nitrogens is 2. The molecule has 11 nitrogen and oxygen atoms in total. The monoisotopic (exact) mass is 431 g/mol. The summed E-state index contributed by atoms with van der Waals surface area (Å²) < 4.78 is 6.80. The maximum absolute atomic E-state index is 12.2. The van der Waals surface area contributed by atoms with Crippen molar-refractivity contribution in [3.8, 4) is 11.5 Å². The first-order valence-electron chi connectivity index (χ1n) is 8.42. The standard InChI is InChI=1S/C18H14ClN5O6/c1-11-6-12(19)2-3-16(11)30-15-8-13(7-14(9-15)23(26)27)20-18(25)10-22-5-4-17(21-22)24(28)29/h2-9H,10H2,1H3,(H,20,25). The van der Waals surface area contributed by atoms with E-state index in [9.17, 15) is 25.0 Å².